The van der Waals surface area contributed by atoms with Crippen molar-refractivity contribution in [3.8, 4) is 22.9 Å². The van der Waals surface area contributed by atoms with Gasteiger partial charge in [-0.15, -0.1) is 5.10 Å². The summed E-state index contributed by atoms with van der Waals surface area (Å²) in [5.41, 5.74) is 4.79. The van der Waals surface area contributed by atoms with E-state index in [1.165, 1.54) is 36.1 Å². The maximum Gasteiger partial charge on any atom is 0.275 e. The highest BCUT2D eigenvalue weighted by Gasteiger charge is 2.32. The monoisotopic (exact) mass is 517 g/mol. The molecule has 4 aromatic rings. The summed E-state index contributed by atoms with van der Waals surface area (Å²) in [6.07, 6.45) is 5.87. The van der Waals surface area contributed by atoms with Crippen LogP contribution in [0.2, 0.25) is 0 Å². The second-order valence-electron chi connectivity index (χ2n) is 9.37. The summed E-state index contributed by atoms with van der Waals surface area (Å²) in [6, 6.07) is 9.87. The fraction of sp³-hybridized carbons (Fsp3) is 0.346. The topological polar surface area (TPSA) is 111 Å². The lowest BCUT2D eigenvalue weighted by molar-refractivity contribution is -0.0261. The largest absolute Gasteiger partial charge is 0.455 e. The number of anilines is 1. The molecule has 0 amide bonds. The van der Waals surface area contributed by atoms with Gasteiger partial charge in [0.2, 0.25) is 5.88 Å². The first-order valence-electron chi connectivity index (χ1n) is 12.3. The Balaban J connectivity index is 1.22. The molecule has 1 aromatic carbocycles. The third kappa shape index (κ3) is 4.86. The molecule has 2 aliphatic rings. The average molecular weight is 518 g/mol. The van der Waals surface area contributed by atoms with E-state index in [1.54, 1.807) is 0 Å². The van der Waals surface area contributed by atoms with Crippen molar-refractivity contribution >= 4 is 17.4 Å². The molecule has 1 N–H and O–H groups in total. The van der Waals surface area contributed by atoms with Crippen LogP contribution in [0.1, 0.15) is 61.8 Å². The van der Waals surface area contributed by atoms with Crippen LogP contribution < -0.4 is 9.64 Å². The highest BCUT2D eigenvalue weighted by molar-refractivity contribution is 7.03. The van der Waals surface area contributed by atoms with E-state index >= 15 is 0 Å². The predicted molar refractivity (Wildman–Crippen MR) is 138 cm³/mol. The molecule has 11 heteroatoms. The van der Waals surface area contributed by atoms with Gasteiger partial charge in [-0.3, -0.25) is 5.10 Å². The Labute approximate surface area is 218 Å². The molecule has 0 bridgehead atoms. The van der Waals surface area contributed by atoms with Crippen LogP contribution in [-0.4, -0.2) is 42.8 Å². The summed E-state index contributed by atoms with van der Waals surface area (Å²) in [5, 5.41) is 13.8. The zero-order valence-corrected chi connectivity index (χ0v) is 21.4. The quantitative estimate of drug-likeness (QED) is 0.338. The first-order chi connectivity index (χ1) is 18.2. The number of piperidine rings is 1. The Morgan fingerprint density at radius 1 is 1.08 bits per heavy atom. The Bertz CT molecular complexity index is 1360. The third-order valence-corrected chi connectivity index (χ3v) is 7.19. The molecule has 0 saturated carbocycles. The van der Waals surface area contributed by atoms with Crippen molar-refractivity contribution in [2.24, 2.45) is 0 Å². The molecule has 3 aromatic heterocycles. The minimum absolute atomic E-state index is 0.402. The highest BCUT2D eigenvalue weighted by Crippen LogP contribution is 2.40. The van der Waals surface area contributed by atoms with E-state index in [2.05, 4.69) is 54.6 Å². The molecule has 190 valence electrons. The molecular weight excluding hydrogens is 490 g/mol. The van der Waals surface area contributed by atoms with Gasteiger partial charge in [0.05, 0.1) is 5.69 Å². The van der Waals surface area contributed by atoms with Crippen molar-refractivity contribution in [2.75, 3.05) is 18.0 Å². The average Bonchev–Trinajstić information content (AvgIpc) is 3.72. The predicted octanol–water partition coefficient (Wildman–Crippen LogP) is 5.53. The molecule has 6 rings (SSSR count). The van der Waals surface area contributed by atoms with Gasteiger partial charge in [0.1, 0.15) is 41.7 Å². The summed E-state index contributed by atoms with van der Waals surface area (Å²) in [4.78, 5) is 11.3. The van der Waals surface area contributed by atoms with Crippen LogP contribution >= 0.6 is 11.5 Å². The molecule has 1 fully saturated rings. The number of aromatic nitrogens is 6. The highest BCUT2D eigenvalue weighted by atomic mass is 32.1. The number of ether oxygens (including phenoxy) is 3. The van der Waals surface area contributed by atoms with E-state index in [0.717, 1.165) is 48.7 Å². The lowest BCUT2D eigenvalue weighted by Crippen LogP contribution is -2.34. The minimum Gasteiger partial charge on any atom is -0.455 e. The molecule has 10 nitrogen and oxygen atoms in total. The fourth-order valence-corrected chi connectivity index (χ4v) is 5.11. The van der Waals surface area contributed by atoms with Crippen LogP contribution in [0.15, 0.2) is 54.6 Å². The molecule has 5 heterocycles. The number of nitrogens with zero attached hydrogens (tertiary/aromatic N) is 6. The van der Waals surface area contributed by atoms with Gasteiger partial charge >= 0.3 is 0 Å². The Kier molecular flexibility index (Phi) is 6.44. The molecule has 1 saturated heterocycles. The van der Waals surface area contributed by atoms with E-state index in [0.29, 0.717) is 29.0 Å². The Morgan fingerprint density at radius 3 is 2.54 bits per heavy atom. The van der Waals surface area contributed by atoms with Crippen LogP contribution in [0.5, 0.6) is 11.6 Å². The number of rotatable bonds is 7. The number of nitrogens with one attached hydrogen (secondary N) is 1. The summed E-state index contributed by atoms with van der Waals surface area (Å²) in [7, 11) is 0. The number of H-pyrrole nitrogens is 1. The van der Waals surface area contributed by atoms with Crippen molar-refractivity contribution in [2.45, 2.75) is 44.8 Å². The smallest absolute Gasteiger partial charge is 0.275 e. The van der Waals surface area contributed by atoms with Crippen LogP contribution in [-0.2, 0) is 9.47 Å². The van der Waals surface area contributed by atoms with E-state index in [4.69, 9.17) is 14.2 Å². The van der Waals surface area contributed by atoms with Crippen molar-refractivity contribution in [3.63, 3.8) is 0 Å². The van der Waals surface area contributed by atoms with Gasteiger partial charge in [0.25, 0.3) is 6.29 Å². The normalized spacial score (nSPS) is 16.2. The molecule has 0 spiro atoms. The molecule has 2 aliphatic heterocycles. The maximum absolute atomic E-state index is 6.23. The Morgan fingerprint density at radius 2 is 1.86 bits per heavy atom. The van der Waals surface area contributed by atoms with Crippen LogP contribution in [0.25, 0.3) is 11.3 Å². The number of hydrogen-bond acceptors (Lipinski definition) is 10. The van der Waals surface area contributed by atoms with Crippen molar-refractivity contribution in [3.05, 3.63) is 71.5 Å². The number of hydrogen-bond donors (Lipinski definition) is 1. The number of benzene rings is 1. The van der Waals surface area contributed by atoms with Gasteiger partial charge in [0.15, 0.2) is 0 Å². The van der Waals surface area contributed by atoms with Gasteiger partial charge < -0.3 is 19.1 Å². The molecule has 0 unspecified atom stereocenters. The zero-order valence-electron chi connectivity index (χ0n) is 20.6. The lowest BCUT2D eigenvalue weighted by atomic mass is 9.92. The van der Waals surface area contributed by atoms with E-state index in [1.807, 2.05) is 29.6 Å². The molecule has 0 aliphatic carbocycles. The molecular formula is C26H27N7O3S. The lowest BCUT2D eigenvalue weighted by Gasteiger charge is -2.34. The van der Waals surface area contributed by atoms with Crippen LogP contribution in [0, 0.1) is 0 Å². The van der Waals surface area contributed by atoms with Gasteiger partial charge in [-0.2, -0.15) is 5.10 Å². The second kappa shape index (κ2) is 10.2. The summed E-state index contributed by atoms with van der Waals surface area (Å²) < 4.78 is 21.6. The zero-order chi connectivity index (χ0) is 25.2. The van der Waals surface area contributed by atoms with Gasteiger partial charge in [-0.1, -0.05) is 18.3 Å². The minimum atomic E-state index is -0.675. The van der Waals surface area contributed by atoms with E-state index < -0.39 is 6.29 Å². The Hall–Kier alpha value is -3.99. The van der Waals surface area contributed by atoms with E-state index in [-0.39, 0.29) is 0 Å². The third-order valence-electron chi connectivity index (χ3n) is 6.69. The summed E-state index contributed by atoms with van der Waals surface area (Å²) >= 11 is 1.32. The summed E-state index contributed by atoms with van der Waals surface area (Å²) in [5.74, 6) is 2.65. The second-order valence-corrected chi connectivity index (χ2v) is 9.98. The fourth-order valence-electron chi connectivity index (χ4n) is 4.64. The van der Waals surface area contributed by atoms with E-state index in [9.17, 15) is 0 Å². The van der Waals surface area contributed by atoms with Crippen molar-refractivity contribution < 1.29 is 14.2 Å². The first-order valence-corrected chi connectivity index (χ1v) is 13.2. The molecule has 37 heavy (non-hydrogen) atoms. The van der Waals surface area contributed by atoms with Crippen molar-refractivity contribution in [1.82, 2.24) is 29.8 Å². The first kappa shape index (κ1) is 23.4. The molecule has 0 atom stereocenters. The van der Waals surface area contributed by atoms with Gasteiger partial charge in [0, 0.05) is 35.6 Å². The molecule has 0 radical (unpaired) electrons. The summed E-state index contributed by atoms with van der Waals surface area (Å²) in [6.45, 7) is 5.99. The van der Waals surface area contributed by atoms with Crippen LogP contribution in [0.3, 0.4) is 0 Å². The SMILES string of the molecule is CC(C)c1cc(C2CCN(c3ncnc(Oc4ccc(-c5csnn5)cc4)c3C3OC=CO3)CC2)[nH]n1. The standard InChI is InChI=1S/C26H27N7O3S/c1-16(2)20-13-21(30-29-20)18-7-9-33(10-8-18)24-23(26-34-11-12-35-26)25(28-15-27-24)36-19-5-3-17(4-6-19)22-14-37-32-31-22/h3-6,11-16,18,26H,7-10H2,1-2H3,(H,29,30). The van der Waals surface area contributed by atoms with Gasteiger partial charge in [-0.25, -0.2) is 9.97 Å². The van der Waals surface area contributed by atoms with Crippen LogP contribution in [0.4, 0.5) is 5.82 Å². The number of aromatic amines is 1. The van der Waals surface area contributed by atoms with Crippen molar-refractivity contribution in [1.29, 1.82) is 0 Å². The maximum atomic E-state index is 6.23. The van der Waals surface area contributed by atoms with Gasteiger partial charge in [-0.05, 0) is 60.6 Å².